The second-order valence-corrected chi connectivity index (χ2v) is 7.61. The lowest BCUT2D eigenvalue weighted by Crippen LogP contribution is -2.28. The number of rotatable bonds is 5. The van der Waals surface area contributed by atoms with Crippen LogP contribution in [-0.4, -0.2) is 30.7 Å². The van der Waals surface area contributed by atoms with Crippen LogP contribution in [0.4, 0.5) is 0 Å². The third-order valence-electron chi connectivity index (χ3n) is 5.76. The first-order valence-electron chi connectivity index (χ1n) is 9.89. The summed E-state index contributed by atoms with van der Waals surface area (Å²) in [6, 6.07) is 14.4. The van der Waals surface area contributed by atoms with Gasteiger partial charge in [-0.2, -0.15) is 5.10 Å². The zero-order valence-electron chi connectivity index (χ0n) is 17.3. The smallest absolute Gasteiger partial charge is 0.154 e. The number of nitrogens with zero attached hydrogens (tertiary/aromatic N) is 2. The van der Waals surface area contributed by atoms with Gasteiger partial charge in [-0.05, 0) is 62.1 Å². The molecule has 0 spiro atoms. The van der Waals surface area contributed by atoms with Gasteiger partial charge in [0.15, 0.2) is 5.78 Å². The minimum Gasteiger partial charge on any atom is -0.497 e. The molecule has 1 heterocycles. The van der Waals surface area contributed by atoms with E-state index in [1.165, 1.54) is 5.56 Å². The third kappa shape index (κ3) is 3.53. The summed E-state index contributed by atoms with van der Waals surface area (Å²) >= 11 is 0. The Morgan fingerprint density at radius 1 is 1.07 bits per heavy atom. The number of fused-ring (bicyclic) bond motifs is 3. The standard InChI is InChI=1S/C24H26N2O3/c1-15(13-16(2)27)26-24(18-6-9-19(28-3)10-7-18)21-12-8-17-5-11-20(29-4)14-22(17)23(21)25-26/h5-7,9-11,13-14,21,24H,8,12H2,1-4H3/b15-13+. The topological polar surface area (TPSA) is 51.1 Å². The molecule has 5 nitrogen and oxygen atoms in total. The maximum Gasteiger partial charge on any atom is 0.154 e. The van der Waals surface area contributed by atoms with Crippen molar-refractivity contribution in [1.29, 1.82) is 0 Å². The fourth-order valence-electron chi connectivity index (χ4n) is 4.40. The third-order valence-corrected chi connectivity index (χ3v) is 5.76. The van der Waals surface area contributed by atoms with Crippen LogP contribution in [-0.2, 0) is 11.2 Å². The molecule has 0 bridgehead atoms. The molecule has 0 N–H and O–H groups in total. The molecule has 0 saturated carbocycles. The zero-order chi connectivity index (χ0) is 20.5. The first-order valence-corrected chi connectivity index (χ1v) is 9.89. The molecule has 0 amide bonds. The highest BCUT2D eigenvalue weighted by atomic mass is 16.5. The number of benzene rings is 2. The number of ether oxygens (including phenoxy) is 2. The summed E-state index contributed by atoms with van der Waals surface area (Å²) in [5.41, 5.74) is 5.53. The molecule has 0 radical (unpaired) electrons. The van der Waals surface area contributed by atoms with E-state index in [0.717, 1.165) is 46.9 Å². The Morgan fingerprint density at radius 3 is 2.41 bits per heavy atom. The molecular formula is C24H26N2O3. The molecule has 2 aromatic rings. The van der Waals surface area contributed by atoms with Crippen molar-refractivity contribution in [3.05, 3.63) is 70.9 Å². The molecule has 2 unspecified atom stereocenters. The Balaban J connectivity index is 1.81. The summed E-state index contributed by atoms with van der Waals surface area (Å²) in [4.78, 5) is 11.7. The van der Waals surface area contributed by atoms with Gasteiger partial charge in [-0.3, -0.25) is 9.80 Å². The number of allylic oxidation sites excluding steroid dienone is 2. The quantitative estimate of drug-likeness (QED) is 0.705. The maximum absolute atomic E-state index is 11.7. The number of methoxy groups -OCH3 is 2. The van der Waals surface area contributed by atoms with Crippen LogP contribution in [0.15, 0.2) is 59.3 Å². The number of aryl methyl sites for hydroxylation is 1. The van der Waals surface area contributed by atoms with Gasteiger partial charge in [0.2, 0.25) is 0 Å². The van der Waals surface area contributed by atoms with E-state index in [2.05, 4.69) is 24.3 Å². The monoisotopic (exact) mass is 390 g/mol. The van der Waals surface area contributed by atoms with Crippen molar-refractivity contribution >= 4 is 11.5 Å². The van der Waals surface area contributed by atoms with Crippen LogP contribution >= 0.6 is 0 Å². The lowest BCUT2D eigenvalue weighted by molar-refractivity contribution is -0.112. The summed E-state index contributed by atoms with van der Waals surface area (Å²) in [6.07, 6.45) is 3.67. The van der Waals surface area contributed by atoms with Gasteiger partial charge >= 0.3 is 0 Å². The number of hydrogen-bond donors (Lipinski definition) is 0. The van der Waals surface area contributed by atoms with Crippen molar-refractivity contribution in [3.8, 4) is 11.5 Å². The molecule has 2 aromatic carbocycles. The van der Waals surface area contributed by atoms with E-state index in [1.54, 1.807) is 27.2 Å². The second kappa shape index (κ2) is 7.74. The van der Waals surface area contributed by atoms with Crippen molar-refractivity contribution < 1.29 is 14.3 Å². The predicted molar refractivity (Wildman–Crippen MR) is 113 cm³/mol. The number of hydrazone groups is 1. The van der Waals surface area contributed by atoms with Crippen LogP contribution in [0.2, 0.25) is 0 Å². The lowest BCUT2D eigenvalue weighted by Gasteiger charge is -2.31. The summed E-state index contributed by atoms with van der Waals surface area (Å²) < 4.78 is 10.8. The van der Waals surface area contributed by atoms with Crippen LogP contribution in [0.5, 0.6) is 11.5 Å². The number of carbonyl (C=O) groups excluding carboxylic acids is 1. The molecule has 1 aliphatic carbocycles. The highest BCUT2D eigenvalue weighted by Gasteiger charge is 2.42. The van der Waals surface area contributed by atoms with E-state index in [4.69, 9.17) is 14.6 Å². The van der Waals surface area contributed by atoms with Crippen molar-refractivity contribution in [2.24, 2.45) is 11.0 Å². The van der Waals surface area contributed by atoms with Crippen LogP contribution in [0.1, 0.15) is 43.0 Å². The zero-order valence-corrected chi connectivity index (χ0v) is 17.3. The molecule has 150 valence electrons. The van der Waals surface area contributed by atoms with Gasteiger partial charge in [0.05, 0.1) is 26.0 Å². The fraction of sp³-hybridized carbons (Fsp3) is 0.333. The van der Waals surface area contributed by atoms with Crippen LogP contribution in [0, 0.1) is 5.92 Å². The van der Waals surface area contributed by atoms with E-state index in [1.807, 2.05) is 30.1 Å². The Kier molecular flexibility index (Phi) is 5.14. The van der Waals surface area contributed by atoms with Gasteiger partial charge in [-0.1, -0.05) is 18.2 Å². The fourth-order valence-corrected chi connectivity index (χ4v) is 4.40. The Morgan fingerprint density at radius 2 is 1.76 bits per heavy atom. The largest absolute Gasteiger partial charge is 0.497 e. The van der Waals surface area contributed by atoms with E-state index in [9.17, 15) is 4.79 Å². The van der Waals surface area contributed by atoms with Gasteiger partial charge < -0.3 is 9.47 Å². The minimum atomic E-state index is 0.0214. The Bertz CT molecular complexity index is 992. The van der Waals surface area contributed by atoms with Crippen molar-refractivity contribution in [2.45, 2.75) is 32.7 Å². The molecular weight excluding hydrogens is 364 g/mol. The number of ketones is 1. The molecule has 1 aliphatic heterocycles. The molecule has 0 saturated heterocycles. The molecule has 5 heteroatoms. The van der Waals surface area contributed by atoms with E-state index < -0.39 is 0 Å². The summed E-state index contributed by atoms with van der Waals surface area (Å²) in [5, 5.41) is 7.03. The van der Waals surface area contributed by atoms with Crippen LogP contribution < -0.4 is 9.47 Å². The highest BCUT2D eigenvalue weighted by Crippen LogP contribution is 2.45. The Labute approximate surface area is 171 Å². The van der Waals surface area contributed by atoms with Gasteiger partial charge in [-0.25, -0.2) is 0 Å². The number of hydrogen-bond acceptors (Lipinski definition) is 5. The first kappa shape index (κ1) is 19.2. The van der Waals surface area contributed by atoms with Gasteiger partial charge in [0, 0.05) is 23.3 Å². The van der Waals surface area contributed by atoms with E-state index in [0.29, 0.717) is 0 Å². The molecule has 29 heavy (non-hydrogen) atoms. The van der Waals surface area contributed by atoms with Crippen molar-refractivity contribution in [2.75, 3.05) is 14.2 Å². The van der Waals surface area contributed by atoms with E-state index in [-0.39, 0.29) is 17.7 Å². The van der Waals surface area contributed by atoms with Crippen LogP contribution in [0.3, 0.4) is 0 Å². The Hall–Kier alpha value is -3.08. The summed E-state index contributed by atoms with van der Waals surface area (Å²) in [7, 11) is 3.36. The summed E-state index contributed by atoms with van der Waals surface area (Å²) in [6.45, 7) is 3.52. The SMILES string of the molecule is COc1ccc(C2C3CCc4ccc(OC)cc4C3=NN2/C(C)=C/C(C)=O)cc1. The summed E-state index contributed by atoms with van der Waals surface area (Å²) in [5.74, 6) is 1.93. The predicted octanol–water partition coefficient (Wildman–Crippen LogP) is 4.52. The molecule has 0 fully saturated rings. The van der Waals surface area contributed by atoms with Crippen molar-refractivity contribution in [3.63, 3.8) is 0 Å². The highest BCUT2D eigenvalue weighted by molar-refractivity contribution is 6.06. The average Bonchev–Trinajstić information content (AvgIpc) is 3.13. The lowest BCUT2D eigenvalue weighted by atomic mass is 9.77. The second-order valence-electron chi connectivity index (χ2n) is 7.61. The molecule has 2 atom stereocenters. The maximum atomic E-state index is 11.7. The van der Waals surface area contributed by atoms with Gasteiger partial charge in [0.25, 0.3) is 0 Å². The number of carbonyl (C=O) groups is 1. The molecule has 2 aliphatic rings. The van der Waals surface area contributed by atoms with Gasteiger partial charge in [-0.15, -0.1) is 0 Å². The van der Waals surface area contributed by atoms with Crippen LogP contribution in [0.25, 0.3) is 0 Å². The normalized spacial score (nSPS) is 20.6. The minimum absolute atomic E-state index is 0.0214. The molecule has 0 aromatic heterocycles. The van der Waals surface area contributed by atoms with Gasteiger partial charge in [0.1, 0.15) is 11.5 Å². The van der Waals surface area contributed by atoms with Crippen molar-refractivity contribution in [1.82, 2.24) is 5.01 Å². The first-order chi connectivity index (χ1) is 14.0. The average molecular weight is 390 g/mol. The molecule has 4 rings (SSSR count). The van der Waals surface area contributed by atoms with E-state index >= 15 is 0 Å².